The Morgan fingerprint density at radius 2 is 2.00 bits per heavy atom. The lowest BCUT2D eigenvalue weighted by Crippen LogP contribution is -2.06. The maximum absolute atomic E-state index is 11.5. The van der Waals surface area contributed by atoms with Gasteiger partial charge in [-0.05, 0) is 42.2 Å². The summed E-state index contributed by atoms with van der Waals surface area (Å²) in [5.74, 6) is -0.206. The van der Waals surface area contributed by atoms with Gasteiger partial charge in [-0.25, -0.2) is 0 Å². The van der Waals surface area contributed by atoms with Gasteiger partial charge in [0.1, 0.15) is 0 Å². The molecule has 14 heavy (non-hydrogen) atoms. The molecule has 0 aromatic carbocycles. The Labute approximate surface area is 85.6 Å². The highest BCUT2D eigenvalue weighted by Crippen LogP contribution is 2.27. The first-order valence-electron chi connectivity index (χ1n) is 4.21. The van der Waals surface area contributed by atoms with E-state index in [0.29, 0.717) is 5.57 Å². The van der Waals surface area contributed by atoms with Crippen molar-refractivity contribution in [2.75, 3.05) is 0 Å². The fourth-order valence-electron chi connectivity index (χ4n) is 1.34. The number of aryl methyl sites for hydroxylation is 1. The molecule has 1 aliphatic carbocycles. The molecule has 0 amide bonds. The highest BCUT2D eigenvalue weighted by molar-refractivity contribution is 7.11. The van der Waals surface area contributed by atoms with Gasteiger partial charge in [-0.15, -0.1) is 11.3 Å². The molecular formula is C11H8O2S. The van der Waals surface area contributed by atoms with Gasteiger partial charge < -0.3 is 0 Å². The molecule has 0 radical (unpaired) electrons. The summed E-state index contributed by atoms with van der Waals surface area (Å²) in [5, 5.41) is 1.92. The molecule has 0 atom stereocenters. The Balaban J connectivity index is 2.49. The van der Waals surface area contributed by atoms with Crippen LogP contribution in [0.3, 0.4) is 0 Å². The summed E-state index contributed by atoms with van der Waals surface area (Å²) >= 11 is 1.49. The minimum atomic E-state index is -0.118. The molecular weight excluding hydrogens is 196 g/mol. The van der Waals surface area contributed by atoms with Crippen LogP contribution in [0.4, 0.5) is 0 Å². The summed E-state index contributed by atoms with van der Waals surface area (Å²) < 4.78 is 0. The molecule has 2 rings (SSSR count). The van der Waals surface area contributed by atoms with Crippen LogP contribution in [0.1, 0.15) is 10.4 Å². The van der Waals surface area contributed by atoms with E-state index < -0.39 is 0 Å². The van der Waals surface area contributed by atoms with Gasteiger partial charge in [0.25, 0.3) is 0 Å². The van der Waals surface area contributed by atoms with Gasteiger partial charge in [-0.1, -0.05) is 0 Å². The molecule has 0 bridgehead atoms. The second-order valence-corrected chi connectivity index (χ2v) is 4.01. The van der Waals surface area contributed by atoms with Crippen molar-refractivity contribution in [3.05, 3.63) is 40.1 Å². The van der Waals surface area contributed by atoms with Crippen LogP contribution >= 0.6 is 11.3 Å². The molecule has 0 saturated carbocycles. The number of hydrogen-bond donors (Lipinski definition) is 0. The summed E-state index contributed by atoms with van der Waals surface area (Å²) in [7, 11) is 0. The van der Waals surface area contributed by atoms with Gasteiger partial charge in [0.05, 0.1) is 0 Å². The molecule has 1 heterocycles. The second-order valence-electron chi connectivity index (χ2n) is 3.09. The van der Waals surface area contributed by atoms with E-state index in [1.54, 1.807) is 0 Å². The zero-order valence-corrected chi connectivity index (χ0v) is 8.43. The molecule has 0 N–H and O–H groups in total. The third-order valence-electron chi connectivity index (χ3n) is 2.06. The van der Waals surface area contributed by atoms with Gasteiger partial charge in [-0.2, -0.15) is 0 Å². The molecule has 1 aromatic heterocycles. The van der Waals surface area contributed by atoms with Crippen LogP contribution in [0.15, 0.2) is 29.7 Å². The minimum absolute atomic E-state index is 0.0878. The number of ketones is 2. The highest BCUT2D eigenvalue weighted by Gasteiger charge is 2.17. The van der Waals surface area contributed by atoms with Gasteiger partial charge >= 0.3 is 0 Å². The fourth-order valence-corrected chi connectivity index (χ4v) is 2.28. The van der Waals surface area contributed by atoms with E-state index in [4.69, 9.17) is 0 Å². The quantitative estimate of drug-likeness (QED) is 0.657. The summed E-state index contributed by atoms with van der Waals surface area (Å²) in [6, 6.07) is 1.94. The van der Waals surface area contributed by atoms with E-state index in [9.17, 15) is 9.59 Å². The lowest BCUT2D eigenvalue weighted by atomic mass is 10.0. The van der Waals surface area contributed by atoms with Crippen LogP contribution in [0.2, 0.25) is 0 Å². The first-order chi connectivity index (χ1) is 6.68. The van der Waals surface area contributed by atoms with Crippen molar-refractivity contribution in [2.45, 2.75) is 6.92 Å². The van der Waals surface area contributed by atoms with E-state index >= 15 is 0 Å². The van der Waals surface area contributed by atoms with Crippen molar-refractivity contribution >= 4 is 28.5 Å². The number of thiophene rings is 1. The Morgan fingerprint density at radius 3 is 2.64 bits per heavy atom. The molecule has 3 heteroatoms. The number of carbonyl (C=O) groups excluding carboxylic acids is 2. The van der Waals surface area contributed by atoms with Crippen molar-refractivity contribution in [3.8, 4) is 0 Å². The monoisotopic (exact) mass is 204 g/mol. The van der Waals surface area contributed by atoms with Crippen molar-refractivity contribution in [1.29, 1.82) is 0 Å². The first kappa shape index (κ1) is 9.09. The molecule has 0 saturated heterocycles. The molecule has 0 fully saturated rings. The van der Waals surface area contributed by atoms with E-state index in [-0.39, 0.29) is 11.6 Å². The van der Waals surface area contributed by atoms with Crippen LogP contribution in [-0.2, 0) is 9.59 Å². The van der Waals surface area contributed by atoms with Crippen molar-refractivity contribution in [2.24, 2.45) is 0 Å². The van der Waals surface area contributed by atoms with Crippen LogP contribution in [-0.4, -0.2) is 11.6 Å². The molecule has 0 aliphatic heterocycles. The topological polar surface area (TPSA) is 34.1 Å². The Kier molecular flexibility index (Phi) is 2.17. The molecule has 2 nitrogen and oxygen atoms in total. The second kappa shape index (κ2) is 3.35. The van der Waals surface area contributed by atoms with E-state index in [1.807, 2.05) is 18.4 Å². The zero-order chi connectivity index (χ0) is 10.1. The molecule has 0 unspecified atom stereocenters. The van der Waals surface area contributed by atoms with Crippen LogP contribution in [0.5, 0.6) is 0 Å². The first-order valence-corrected chi connectivity index (χ1v) is 5.09. The minimum Gasteiger partial charge on any atom is -0.290 e. The number of hydrogen-bond acceptors (Lipinski definition) is 3. The van der Waals surface area contributed by atoms with E-state index in [0.717, 1.165) is 10.4 Å². The summed E-state index contributed by atoms with van der Waals surface area (Å²) in [4.78, 5) is 23.5. The van der Waals surface area contributed by atoms with E-state index in [2.05, 4.69) is 0 Å². The third kappa shape index (κ3) is 1.46. The molecule has 1 aromatic rings. The van der Waals surface area contributed by atoms with Crippen LogP contribution in [0.25, 0.3) is 5.57 Å². The summed E-state index contributed by atoms with van der Waals surface area (Å²) in [5.41, 5.74) is 1.56. The SMILES string of the molecule is Cc1ccsc1C1=CC(=O)C=CC1=O. The third-order valence-corrected chi connectivity index (χ3v) is 3.11. The predicted octanol–water partition coefficient (Wildman–Crippen LogP) is 2.15. The van der Waals surface area contributed by atoms with Gasteiger partial charge in [0.15, 0.2) is 11.6 Å². The average Bonchev–Trinajstić information content (AvgIpc) is 2.56. The Hall–Kier alpha value is -1.48. The fraction of sp³-hybridized carbons (Fsp3) is 0.0909. The van der Waals surface area contributed by atoms with Crippen molar-refractivity contribution in [3.63, 3.8) is 0 Å². The highest BCUT2D eigenvalue weighted by atomic mass is 32.1. The molecule has 1 aliphatic rings. The van der Waals surface area contributed by atoms with E-state index in [1.165, 1.54) is 29.6 Å². The lowest BCUT2D eigenvalue weighted by molar-refractivity contribution is -0.113. The summed E-state index contributed by atoms with van der Waals surface area (Å²) in [6.45, 7) is 1.93. The van der Waals surface area contributed by atoms with Crippen LogP contribution < -0.4 is 0 Å². The largest absolute Gasteiger partial charge is 0.290 e. The van der Waals surface area contributed by atoms with Gasteiger partial charge in [-0.3, -0.25) is 9.59 Å². The maximum atomic E-state index is 11.5. The number of carbonyl (C=O) groups is 2. The smallest absolute Gasteiger partial charge is 0.187 e. The van der Waals surface area contributed by atoms with Gasteiger partial charge in [0, 0.05) is 10.5 Å². The lowest BCUT2D eigenvalue weighted by Gasteiger charge is -2.05. The van der Waals surface area contributed by atoms with Crippen molar-refractivity contribution in [1.82, 2.24) is 0 Å². The van der Waals surface area contributed by atoms with Crippen molar-refractivity contribution < 1.29 is 9.59 Å². The average molecular weight is 204 g/mol. The Bertz CT molecular complexity index is 463. The zero-order valence-electron chi connectivity index (χ0n) is 7.61. The maximum Gasteiger partial charge on any atom is 0.187 e. The molecule has 0 spiro atoms. The number of allylic oxidation sites excluding steroid dienone is 4. The van der Waals surface area contributed by atoms with Crippen LogP contribution in [0, 0.1) is 6.92 Å². The standard InChI is InChI=1S/C11H8O2S/c1-7-4-5-14-11(7)9-6-8(12)2-3-10(9)13/h2-6H,1H3. The summed E-state index contributed by atoms with van der Waals surface area (Å²) in [6.07, 6.45) is 4.03. The number of rotatable bonds is 1. The van der Waals surface area contributed by atoms with Gasteiger partial charge in [0.2, 0.25) is 0 Å². The normalized spacial score (nSPS) is 15.9. The Morgan fingerprint density at radius 1 is 1.21 bits per heavy atom. The molecule has 70 valence electrons. The predicted molar refractivity (Wildman–Crippen MR) is 56.2 cm³/mol.